The number of thioether (sulfide) groups is 1. The third-order valence-corrected chi connectivity index (χ3v) is 5.25. The molecule has 0 radical (unpaired) electrons. The van der Waals surface area contributed by atoms with Gasteiger partial charge in [-0.3, -0.25) is 9.59 Å². The first-order valence-electron chi connectivity index (χ1n) is 7.23. The monoisotopic (exact) mass is 416 g/mol. The van der Waals surface area contributed by atoms with Gasteiger partial charge in [-0.15, -0.1) is 11.8 Å². The Morgan fingerprint density at radius 2 is 1.80 bits per heavy atom. The summed E-state index contributed by atoms with van der Waals surface area (Å²) in [6.45, 7) is -0.0755. The van der Waals surface area contributed by atoms with Gasteiger partial charge in [0, 0.05) is 17.0 Å². The summed E-state index contributed by atoms with van der Waals surface area (Å²) in [6, 6.07) is 12.0. The fraction of sp³-hybridized carbons (Fsp3) is 0.176. The normalized spacial score (nSPS) is 10.4. The number of likely N-dealkylation sites (N-methyl/N-ethyl adjacent to an activating group) is 1. The van der Waals surface area contributed by atoms with Gasteiger partial charge in [0.25, 0.3) is 0 Å². The van der Waals surface area contributed by atoms with Crippen LogP contribution in [0, 0.1) is 0 Å². The second-order valence-electron chi connectivity index (χ2n) is 5.14. The van der Waals surface area contributed by atoms with E-state index >= 15 is 0 Å². The molecular weight excluding hydrogens is 403 g/mol. The third kappa shape index (κ3) is 6.12. The Kier molecular flexibility index (Phi) is 7.44. The van der Waals surface area contributed by atoms with E-state index in [1.54, 1.807) is 49.5 Å². The number of halogens is 3. The lowest BCUT2D eigenvalue weighted by Crippen LogP contribution is -2.36. The zero-order chi connectivity index (χ0) is 18.4. The van der Waals surface area contributed by atoms with E-state index in [9.17, 15) is 9.59 Å². The SMILES string of the molecule is CN(CC(=O)Nc1ccccc1Cl)C(=O)CSc1cc(Cl)ccc1Cl. The maximum absolute atomic E-state index is 12.2. The lowest BCUT2D eigenvalue weighted by molar-refractivity contribution is -0.131. The van der Waals surface area contributed by atoms with Gasteiger partial charge < -0.3 is 10.2 Å². The van der Waals surface area contributed by atoms with Crippen molar-refractivity contribution < 1.29 is 9.59 Å². The second-order valence-corrected chi connectivity index (χ2v) is 7.41. The summed E-state index contributed by atoms with van der Waals surface area (Å²) in [4.78, 5) is 26.3. The number of amides is 2. The zero-order valence-corrected chi connectivity index (χ0v) is 16.3. The van der Waals surface area contributed by atoms with E-state index in [0.717, 1.165) is 4.90 Å². The number of nitrogens with zero attached hydrogens (tertiary/aromatic N) is 1. The Bertz CT molecular complexity index is 786. The summed E-state index contributed by atoms with van der Waals surface area (Å²) in [6.07, 6.45) is 0. The van der Waals surface area contributed by atoms with Crippen LogP contribution in [0.25, 0.3) is 0 Å². The number of carbonyl (C=O) groups is 2. The van der Waals surface area contributed by atoms with E-state index in [1.165, 1.54) is 16.7 Å². The summed E-state index contributed by atoms with van der Waals surface area (Å²) in [5.74, 6) is -0.374. The predicted octanol–water partition coefficient (Wildman–Crippen LogP) is 4.84. The molecule has 0 aliphatic rings. The van der Waals surface area contributed by atoms with E-state index in [0.29, 0.717) is 20.8 Å². The highest BCUT2D eigenvalue weighted by molar-refractivity contribution is 8.00. The molecular formula is C17H15Cl3N2O2S. The Labute approximate surface area is 165 Å². The minimum atomic E-state index is -0.324. The van der Waals surface area contributed by atoms with Crippen molar-refractivity contribution >= 4 is 64.1 Å². The van der Waals surface area contributed by atoms with Crippen LogP contribution in [-0.2, 0) is 9.59 Å². The molecule has 0 aliphatic heterocycles. The van der Waals surface area contributed by atoms with Gasteiger partial charge in [-0.1, -0.05) is 46.9 Å². The van der Waals surface area contributed by atoms with Crippen LogP contribution in [0.2, 0.25) is 15.1 Å². The molecule has 0 aliphatic carbocycles. The van der Waals surface area contributed by atoms with Crippen molar-refractivity contribution in [3.8, 4) is 0 Å². The Morgan fingerprint density at radius 1 is 1.08 bits per heavy atom. The molecule has 8 heteroatoms. The topological polar surface area (TPSA) is 49.4 Å². The number of hydrogen-bond acceptors (Lipinski definition) is 3. The van der Waals surface area contributed by atoms with Crippen LogP contribution in [0.1, 0.15) is 0 Å². The number of benzene rings is 2. The van der Waals surface area contributed by atoms with E-state index in [1.807, 2.05) is 0 Å². The van der Waals surface area contributed by atoms with Gasteiger partial charge in [0.1, 0.15) is 0 Å². The summed E-state index contributed by atoms with van der Waals surface area (Å²) in [5.41, 5.74) is 0.509. The highest BCUT2D eigenvalue weighted by Crippen LogP contribution is 2.29. The summed E-state index contributed by atoms with van der Waals surface area (Å²) >= 11 is 19.3. The van der Waals surface area contributed by atoms with Crippen molar-refractivity contribution in [3.05, 3.63) is 57.5 Å². The molecule has 0 saturated carbocycles. The highest BCUT2D eigenvalue weighted by atomic mass is 35.5. The average molecular weight is 418 g/mol. The first-order valence-corrected chi connectivity index (χ1v) is 9.35. The maximum atomic E-state index is 12.2. The summed E-state index contributed by atoms with van der Waals surface area (Å²) in [7, 11) is 1.56. The van der Waals surface area contributed by atoms with Crippen molar-refractivity contribution in [2.24, 2.45) is 0 Å². The standard InChI is InChI=1S/C17H15Cl3N2O2S/c1-22(9-16(23)21-14-5-3-2-4-12(14)19)17(24)10-25-15-8-11(18)6-7-13(15)20/h2-8H,9-10H2,1H3,(H,21,23). The molecule has 25 heavy (non-hydrogen) atoms. The Hall–Kier alpha value is -1.40. The van der Waals surface area contributed by atoms with Crippen molar-refractivity contribution in [3.63, 3.8) is 0 Å². The molecule has 132 valence electrons. The minimum absolute atomic E-state index is 0.0755. The molecule has 0 aromatic heterocycles. The van der Waals surface area contributed by atoms with E-state index in [-0.39, 0.29) is 24.1 Å². The zero-order valence-electron chi connectivity index (χ0n) is 13.3. The predicted molar refractivity (Wildman–Crippen MR) is 105 cm³/mol. The molecule has 0 spiro atoms. The number of carbonyl (C=O) groups excluding carboxylic acids is 2. The molecule has 1 N–H and O–H groups in total. The average Bonchev–Trinajstić information content (AvgIpc) is 2.57. The van der Waals surface area contributed by atoms with E-state index in [2.05, 4.69) is 5.32 Å². The van der Waals surface area contributed by atoms with Crippen LogP contribution in [0.3, 0.4) is 0 Å². The number of anilines is 1. The van der Waals surface area contributed by atoms with E-state index in [4.69, 9.17) is 34.8 Å². The smallest absolute Gasteiger partial charge is 0.244 e. The van der Waals surface area contributed by atoms with Crippen LogP contribution >= 0.6 is 46.6 Å². The van der Waals surface area contributed by atoms with Gasteiger partial charge >= 0.3 is 0 Å². The van der Waals surface area contributed by atoms with Crippen molar-refractivity contribution in [1.82, 2.24) is 4.90 Å². The molecule has 2 aromatic carbocycles. The van der Waals surface area contributed by atoms with Crippen molar-refractivity contribution in [1.29, 1.82) is 0 Å². The van der Waals surface area contributed by atoms with Crippen molar-refractivity contribution in [2.45, 2.75) is 4.90 Å². The first kappa shape index (κ1) is 19.9. The first-order chi connectivity index (χ1) is 11.9. The Morgan fingerprint density at radius 3 is 2.52 bits per heavy atom. The fourth-order valence-electron chi connectivity index (χ4n) is 1.89. The number of hydrogen-bond donors (Lipinski definition) is 1. The highest BCUT2D eigenvalue weighted by Gasteiger charge is 2.15. The Balaban J connectivity index is 1.86. The fourth-order valence-corrected chi connectivity index (χ4v) is 3.51. The molecule has 0 saturated heterocycles. The van der Waals surface area contributed by atoms with Crippen LogP contribution < -0.4 is 5.32 Å². The van der Waals surface area contributed by atoms with Crippen LogP contribution in [0.4, 0.5) is 5.69 Å². The van der Waals surface area contributed by atoms with Crippen LogP contribution in [0.5, 0.6) is 0 Å². The molecule has 0 atom stereocenters. The molecule has 0 unspecified atom stereocenters. The van der Waals surface area contributed by atoms with Gasteiger partial charge in [0.15, 0.2) is 0 Å². The third-order valence-electron chi connectivity index (χ3n) is 3.20. The van der Waals surface area contributed by atoms with Crippen LogP contribution in [0.15, 0.2) is 47.4 Å². The van der Waals surface area contributed by atoms with Gasteiger partial charge in [-0.25, -0.2) is 0 Å². The minimum Gasteiger partial charge on any atom is -0.336 e. The summed E-state index contributed by atoms with van der Waals surface area (Å²) < 4.78 is 0. The largest absolute Gasteiger partial charge is 0.336 e. The summed E-state index contributed by atoms with van der Waals surface area (Å²) in [5, 5.41) is 4.19. The van der Waals surface area contributed by atoms with Crippen molar-refractivity contribution in [2.75, 3.05) is 24.7 Å². The molecule has 0 heterocycles. The number of rotatable bonds is 6. The quantitative estimate of drug-likeness (QED) is 0.684. The van der Waals surface area contributed by atoms with Gasteiger partial charge in [0.05, 0.1) is 28.0 Å². The number of nitrogens with one attached hydrogen (secondary N) is 1. The van der Waals surface area contributed by atoms with Gasteiger partial charge in [-0.2, -0.15) is 0 Å². The second kappa shape index (κ2) is 9.34. The lowest BCUT2D eigenvalue weighted by Gasteiger charge is -2.17. The molecule has 0 fully saturated rings. The molecule has 0 bridgehead atoms. The molecule has 2 aromatic rings. The lowest BCUT2D eigenvalue weighted by atomic mass is 10.3. The van der Waals surface area contributed by atoms with Crippen LogP contribution in [-0.4, -0.2) is 36.1 Å². The van der Waals surface area contributed by atoms with Gasteiger partial charge in [-0.05, 0) is 30.3 Å². The number of para-hydroxylation sites is 1. The maximum Gasteiger partial charge on any atom is 0.244 e. The molecule has 2 rings (SSSR count). The molecule has 4 nitrogen and oxygen atoms in total. The van der Waals surface area contributed by atoms with E-state index < -0.39 is 0 Å². The van der Waals surface area contributed by atoms with Gasteiger partial charge in [0.2, 0.25) is 11.8 Å². The molecule has 2 amide bonds.